The second-order valence-corrected chi connectivity index (χ2v) is 9.48. The molecule has 9 nitrogen and oxygen atoms in total. The van der Waals surface area contributed by atoms with Gasteiger partial charge in [-0.05, 0) is 40.0 Å². The molecule has 3 aliphatic rings. The topological polar surface area (TPSA) is 130 Å². The number of alkyl carbamates (subject to hydrolysis) is 1. The fourth-order valence-electron chi connectivity index (χ4n) is 3.94. The molecule has 28 heavy (non-hydrogen) atoms. The van der Waals surface area contributed by atoms with Crippen molar-refractivity contribution >= 4 is 23.4 Å². The van der Waals surface area contributed by atoms with Crippen LogP contribution in [0.5, 0.6) is 0 Å². The largest absolute Gasteiger partial charge is 0.468 e. The van der Waals surface area contributed by atoms with Gasteiger partial charge in [0.1, 0.15) is 17.9 Å². The van der Waals surface area contributed by atoms with Crippen LogP contribution >= 0.6 is 11.3 Å². The number of carbonyl (C=O) groups is 2. The quantitative estimate of drug-likeness (QED) is 0.384. The highest BCUT2D eigenvalue weighted by molar-refractivity contribution is 7.09. The third-order valence-corrected chi connectivity index (χ3v) is 6.19. The number of ether oxygens (including phenoxy) is 2. The standard InChI is InChI=1S/C18H27N3O6S/c1-16(2,3)27-15(25)21-18-7-17(8-18,9-18)14-20-11(6-28-14)12(23)19-10(5-22)13(24)26-4/h6,10,12,19,22-23H,5,7-9H2,1-4H3,(H,21,25)/t10-,12?,17?,18?/m0/s1. The summed E-state index contributed by atoms with van der Waals surface area (Å²) >= 11 is 1.44. The van der Waals surface area contributed by atoms with E-state index in [9.17, 15) is 19.8 Å². The number of hydrogen-bond acceptors (Lipinski definition) is 9. The minimum Gasteiger partial charge on any atom is -0.468 e. The molecule has 4 N–H and O–H groups in total. The van der Waals surface area contributed by atoms with E-state index < -0.39 is 36.5 Å². The number of nitrogens with one attached hydrogen (secondary N) is 2. The Morgan fingerprint density at radius 3 is 2.54 bits per heavy atom. The van der Waals surface area contributed by atoms with Gasteiger partial charge in [0.15, 0.2) is 0 Å². The number of amides is 1. The molecule has 1 amide bonds. The van der Waals surface area contributed by atoms with Crippen LogP contribution in [0.25, 0.3) is 0 Å². The maximum Gasteiger partial charge on any atom is 0.408 e. The Hall–Kier alpha value is -1.75. The minimum absolute atomic E-state index is 0.0730. The molecular weight excluding hydrogens is 386 g/mol. The molecular formula is C18H27N3O6S. The zero-order valence-electron chi connectivity index (χ0n) is 16.4. The van der Waals surface area contributed by atoms with Gasteiger partial charge in [-0.25, -0.2) is 9.78 Å². The molecule has 0 spiro atoms. The first kappa shape index (κ1) is 21.0. The van der Waals surface area contributed by atoms with E-state index in [0.717, 1.165) is 24.3 Å². The van der Waals surface area contributed by atoms with Crippen molar-refractivity contribution in [2.75, 3.05) is 13.7 Å². The summed E-state index contributed by atoms with van der Waals surface area (Å²) in [6.07, 6.45) is 0.770. The molecule has 0 saturated heterocycles. The van der Waals surface area contributed by atoms with Gasteiger partial charge in [-0.3, -0.25) is 10.1 Å². The van der Waals surface area contributed by atoms with E-state index in [2.05, 4.69) is 20.4 Å². The lowest BCUT2D eigenvalue weighted by Crippen LogP contribution is -2.76. The normalized spacial score (nSPS) is 27.8. The first-order chi connectivity index (χ1) is 13.0. The Balaban J connectivity index is 1.55. The fraction of sp³-hybridized carbons (Fsp3) is 0.722. The van der Waals surface area contributed by atoms with Crippen molar-refractivity contribution in [3.63, 3.8) is 0 Å². The molecule has 0 aliphatic heterocycles. The molecule has 1 unspecified atom stereocenters. The Kier molecular flexibility index (Phi) is 5.43. The van der Waals surface area contributed by atoms with Gasteiger partial charge in [-0.1, -0.05) is 0 Å². The average molecular weight is 413 g/mol. The molecule has 156 valence electrons. The lowest BCUT2D eigenvalue weighted by Gasteiger charge is -2.69. The zero-order chi connectivity index (χ0) is 20.7. The number of carbonyl (C=O) groups excluding carboxylic acids is 2. The Bertz CT molecular complexity index is 739. The molecule has 4 rings (SSSR count). The number of esters is 1. The number of rotatable bonds is 7. The molecule has 2 atom stereocenters. The Morgan fingerprint density at radius 2 is 2.00 bits per heavy atom. The van der Waals surface area contributed by atoms with Gasteiger partial charge in [-0.15, -0.1) is 11.3 Å². The van der Waals surface area contributed by atoms with Crippen LogP contribution in [-0.2, 0) is 19.7 Å². The summed E-state index contributed by atoms with van der Waals surface area (Å²) in [5.41, 5.74) is -0.440. The first-order valence-electron chi connectivity index (χ1n) is 9.11. The second-order valence-electron chi connectivity index (χ2n) is 8.62. The van der Waals surface area contributed by atoms with Gasteiger partial charge in [0.25, 0.3) is 0 Å². The second kappa shape index (κ2) is 7.25. The highest BCUT2D eigenvalue weighted by Crippen LogP contribution is 2.68. The van der Waals surface area contributed by atoms with Gasteiger partial charge in [0.2, 0.25) is 0 Å². The van der Waals surface area contributed by atoms with Gasteiger partial charge >= 0.3 is 12.1 Å². The van der Waals surface area contributed by atoms with Crippen molar-refractivity contribution in [1.29, 1.82) is 0 Å². The van der Waals surface area contributed by atoms with Gasteiger partial charge in [0, 0.05) is 16.3 Å². The number of thiazole rings is 1. The number of nitrogens with zero attached hydrogens (tertiary/aromatic N) is 1. The van der Waals surface area contributed by atoms with Crippen LogP contribution in [0.2, 0.25) is 0 Å². The van der Waals surface area contributed by atoms with Crippen LogP contribution < -0.4 is 10.6 Å². The number of hydrogen-bond donors (Lipinski definition) is 4. The van der Waals surface area contributed by atoms with Gasteiger partial charge in [-0.2, -0.15) is 0 Å². The van der Waals surface area contributed by atoms with E-state index in [-0.39, 0.29) is 11.0 Å². The Morgan fingerprint density at radius 1 is 1.36 bits per heavy atom. The molecule has 3 fully saturated rings. The number of aromatic nitrogens is 1. The summed E-state index contributed by atoms with van der Waals surface area (Å²) in [6, 6.07) is -1.03. The molecule has 0 radical (unpaired) electrons. The monoisotopic (exact) mass is 413 g/mol. The van der Waals surface area contributed by atoms with Crippen molar-refractivity contribution in [2.45, 2.75) is 68.9 Å². The molecule has 3 aliphatic carbocycles. The van der Waals surface area contributed by atoms with Gasteiger partial charge < -0.3 is 25.0 Å². The molecule has 0 aromatic carbocycles. The van der Waals surface area contributed by atoms with E-state index in [1.54, 1.807) is 5.38 Å². The van der Waals surface area contributed by atoms with Crippen LogP contribution in [-0.4, -0.2) is 58.2 Å². The molecule has 1 heterocycles. The van der Waals surface area contributed by atoms with Crippen LogP contribution in [0, 0.1) is 0 Å². The van der Waals surface area contributed by atoms with Crippen LogP contribution in [0.4, 0.5) is 4.79 Å². The van der Waals surface area contributed by atoms with Crippen molar-refractivity contribution in [1.82, 2.24) is 15.6 Å². The van der Waals surface area contributed by atoms with Crippen LogP contribution in [0.1, 0.15) is 57.0 Å². The van der Waals surface area contributed by atoms with Crippen molar-refractivity contribution in [3.8, 4) is 0 Å². The van der Waals surface area contributed by atoms with Gasteiger partial charge in [0.05, 0.1) is 24.4 Å². The number of aliphatic hydroxyl groups excluding tert-OH is 2. The average Bonchev–Trinajstić information content (AvgIpc) is 3.01. The third-order valence-electron chi connectivity index (χ3n) is 5.08. The highest BCUT2D eigenvalue weighted by atomic mass is 32.1. The van der Waals surface area contributed by atoms with Crippen molar-refractivity contribution < 1.29 is 29.3 Å². The third kappa shape index (κ3) is 4.00. The summed E-state index contributed by atoms with van der Waals surface area (Å²) in [5.74, 6) is -0.661. The summed E-state index contributed by atoms with van der Waals surface area (Å²) in [4.78, 5) is 28.0. The lowest BCUT2D eigenvalue weighted by atomic mass is 9.39. The summed E-state index contributed by atoms with van der Waals surface area (Å²) < 4.78 is 9.89. The van der Waals surface area contributed by atoms with Crippen molar-refractivity contribution in [3.05, 3.63) is 16.1 Å². The minimum atomic E-state index is -1.19. The van der Waals surface area contributed by atoms with E-state index in [4.69, 9.17) is 4.74 Å². The fourth-order valence-corrected chi connectivity index (χ4v) is 4.97. The molecule has 10 heteroatoms. The summed E-state index contributed by atoms with van der Waals surface area (Å²) in [7, 11) is 1.21. The maximum atomic E-state index is 12.0. The van der Waals surface area contributed by atoms with E-state index in [1.807, 2.05) is 20.8 Å². The predicted octanol–water partition coefficient (Wildman–Crippen LogP) is 0.956. The number of aliphatic hydroxyl groups is 2. The molecule has 3 saturated carbocycles. The Labute approximate surface area is 167 Å². The lowest BCUT2D eigenvalue weighted by molar-refractivity contribution is -0.145. The molecule has 2 bridgehead atoms. The highest BCUT2D eigenvalue weighted by Gasteiger charge is 2.70. The van der Waals surface area contributed by atoms with E-state index in [0.29, 0.717) is 5.69 Å². The maximum absolute atomic E-state index is 12.0. The van der Waals surface area contributed by atoms with E-state index in [1.165, 1.54) is 18.4 Å². The predicted molar refractivity (Wildman–Crippen MR) is 101 cm³/mol. The van der Waals surface area contributed by atoms with E-state index >= 15 is 0 Å². The number of methoxy groups -OCH3 is 1. The SMILES string of the molecule is COC(=O)[C@H](CO)NC(O)c1csc(C23CC(NC(=O)OC(C)(C)C)(C2)C3)n1. The van der Waals surface area contributed by atoms with Crippen molar-refractivity contribution in [2.24, 2.45) is 0 Å². The van der Waals surface area contributed by atoms with Crippen LogP contribution in [0.15, 0.2) is 5.38 Å². The smallest absolute Gasteiger partial charge is 0.408 e. The first-order valence-corrected chi connectivity index (χ1v) is 9.99. The summed E-state index contributed by atoms with van der Waals surface area (Å²) in [5, 5.41) is 27.7. The molecule has 1 aromatic heterocycles. The summed E-state index contributed by atoms with van der Waals surface area (Å²) in [6.45, 7) is 4.99. The zero-order valence-corrected chi connectivity index (χ0v) is 17.3. The van der Waals surface area contributed by atoms with Crippen LogP contribution in [0.3, 0.4) is 0 Å². The molecule has 1 aromatic rings.